The maximum absolute atomic E-state index is 11.0. The number of nitriles is 1. The summed E-state index contributed by atoms with van der Waals surface area (Å²) in [5.41, 5.74) is 0.949. The van der Waals surface area contributed by atoms with Crippen LogP contribution in [0.3, 0.4) is 0 Å². The highest BCUT2D eigenvalue weighted by molar-refractivity contribution is 8.17. The summed E-state index contributed by atoms with van der Waals surface area (Å²) in [6, 6.07) is 9.39. The fourth-order valence-electron chi connectivity index (χ4n) is 0.850. The zero-order valence-corrected chi connectivity index (χ0v) is 9.17. The summed E-state index contributed by atoms with van der Waals surface area (Å²) in [5.74, 6) is 0. The average Bonchev–Trinajstić information content (AvgIpc) is 2.22. The van der Waals surface area contributed by atoms with Gasteiger partial charge in [-0.1, -0.05) is 44.2 Å². The minimum Gasteiger partial charge on any atom is -0.286 e. The van der Waals surface area contributed by atoms with Gasteiger partial charge in [0.1, 0.15) is 5.40 Å². The van der Waals surface area contributed by atoms with Gasteiger partial charge in [-0.3, -0.25) is 4.79 Å². The van der Waals surface area contributed by atoms with Crippen molar-refractivity contribution in [3.05, 3.63) is 35.9 Å². The molecule has 3 heteroatoms. The predicted molar refractivity (Wildman–Crippen MR) is 59.7 cm³/mol. The maximum atomic E-state index is 11.0. The SMILES string of the molecule is CC.N#CSC(=O)Cc1ccccc1. The molecule has 0 heterocycles. The molecule has 0 bridgehead atoms. The number of thioether (sulfide) groups is 1. The van der Waals surface area contributed by atoms with Crippen LogP contribution in [0.5, 0.6) is 0 Å². The van der Waals surface area contributed by atoms with Crippen molar-refractivity contribution in [2.75, 3.05) is 0 Å². The third-order valence-electron chi connectivity index (χ3n) is 1.35. The topological polar surface area (TPSA) is 40.9 Å². The smallest absolute Gasteiger partial charge is 0.207 e. The van der Waals surface area contributed by atoms with E-state index in [1.54, 1.807) is 5.40 Å². The molecule has 0 fully saturated rings. The van der Waals surface area contributed by atoms with Crippen molar-refractivity contribution in [2.24, 2.45) is 0 Å². The first-order chi connectivity index (χ1) is 6.83. The molecule has 0 aliphatic heterocycles. The highest BCUT2D eigenvalue weighted by Gasteiger charge is 2.02. The molecule has 0 saturated heterocycles. The number of hydrogen-bond donors (Lipinski definition) is 0. The Labute approximate surface area is 88.9 Å². The van der Waals surface area contributed by atoms with E-state index in [1.165, 1.54) is 0 Å². The highest BCUT2D eigenvalue weighted by Crippen LogP contribution is 2.06. The fourth-order valence-corrected chi connectivity index (χ4v) is 1.19. The number of carbonyl (C=O) groups excluding carboxylic acids is 1. The van der Waals surface area contributed by atoms with E-state index in [0.29, 0.717) is 18.2 Å². The highest BCUT2D eigenvalue weighted by atomic mass is 32.2. The lowest BCUT2D eigenvalue weighted by Gasteiger charge is -1.94. The number of rotatable bonds is 2. The van der Waals surface area contributed by atoms with Crippen LogP contribution < -0.4 is 0 Å². The van der Waals surface area contributed by atoms with Gasteiger partial charge in [0.25, 0.3) is 0 Å². The first kappa shape index (κ1) is 12.7. The zero-order chi connectivity index (χ0) is 10.8. The Morgan fingerprint density at radius 1 is 1.36 bits per heavy atom. The molecule has 1 aromatic carbocycles. The summed E-state index contributed by atoms with van der Waals surface area (Å²) in [7, 11) is 0. The van der Waals surface area contributed by atoms with Gasteiger partial charge in [0.2, 0.25) is 5.12 Å². The van der Waals surface area contributed by atoms with E-state index in [4.69, 9.17) is 5.26 Å². The summed E-state index contributed by atoms with van der Waals surface area (Å²) in [6.07, 6.45) is 0.332. The molecule has 14 heavy (non-hydrogen) atoms. The number of benzene rings is 1. The molecule has 1 aromatic rings. The van der Waals surface area contributed by atoms with Crippen LogP contribution in [-0.2, 0) is 11.2 Å². The van der Waals surface area contributed by atoms with E-state index in [2.05, 4.69) is 0 Å². The first-order valence-corrected chi connectivity index (χ1v) is 5.27. The number of hydrogen-bond acceptors (Lipinski definition) is 3. The van der Waals surface area contributed by atoms with Crippen molar-refractivity contribution < 1.29 is 4.79 Å². The number of nitrogens with zero attached hydrogens (tertiary/aromatic N) is 1. The summed E-state index contributed by atoms with van der Waals surface area (Å²) >= 11 is 0.693. The van der Waals surface area contributed by atoms with Crippen LogP contribution in [0.1, 0.15) is 19.4 Å². The maximum Gasteiger partial charge on any atom is 0.207 e. The lowest BCUT2D eigenvalue weighted by molar-refractivity contribution is -0.110. The molecular weight excluding hydrogens is 194 g/mol. The van der Waals surface area contributed by atoms with Crippen LogP contribution in [0.2, 0.25) is 0 Å². The molecule has 2 nitrogen and oxygen atoms in total. The van der Waals surface area contributed by atoms with E-state index in [1.807, 2.05) is 44.2 Å². The van der Waals surface area contributed by atoms with Crippen molar-refractivity contribution in [1.82, 2.24) is 0 Å². The van der Waals surface area contributed by atoms with Crippen molar-refractivity contribution >= 4 is 16.9 Å². The molecular formula is C11H13NOS. The molecule has 0 amide bonds. The summed E-state index contributed by atoms with van der Waals surface area (Å²) in [6.45, 7) is 4.00. The fraction of sp³-hybridized carbons (Fsp3) is 0.273. The second-order valence-corrected chi connectivity index (χ2v) is 3.07. The molecule has 0 unspecified atom stereocenters. The van der Waals surface area contributed by atoms with Crippen LogP contribution in [0.15, 0.2) is 30.3 Å². The van der Waals surface area contributed by atoms with E-state index >= 15 is 0 Å². The van der Waals surface area contributed by atoms with Gasteiger partial charge < -0.3 is 0 Å². The van der Waals surface area contributed by atoms with Gasteiger partial charge >= 0.3 is 0 Å². The van der Waals surface area contributed by atoms with Gasteiger partial charge in [0.05, 0.1) is 0 Å². The average molecular weight is 207 g/mol. The molecule has 74 valence electrons. The quantitative estimate of drug-likeness (QED) is 0.700. The van der Waals surface area contributed by atoms with Crippen LogP contribution in [0.4, 0.5) is 0 Å². The Balaban J connectivity index is 0.000000791. The zero-order valence-electron chi connectivity index (χ0n) is 8.36. The van der Waals surface area contributed by atoms with Crippen LogP contribution in [0.25, 0.3) is 0 Å². The Morgan fingerprint density at radius 2 is 1.93 bits per heavy atom. The summed E-state index contributed by atoms with van der Waals surface area (Å²) in [5, 5.41) is 9.85. The molecule has 0 N–H and O–H groups in total. The van der Waals surface area contributed by atoms with E-state index in [-0.39, 0.29) is 5.12 Å². The third-order valence-corrected chi connectivity index (χ3v) is 1.81. The van der Waals surface area contributed by atoms with Gasteiger partial charge in [0.15, 0.2) is 0 Å². The lowest BCUT2D eigenvalue weighted by atomic mass is 10.2. The van der Waals surface area contributed by atoms with Gasteiger partial charge in [-0.15, -0.1) is 0 Å². The van der Waals surface area contributed by atoms with Crippen LogP contribution >= 0.6 is 11.8 Å². The predicted octanol–water partition coefficient (Wildman–Crippen LogP) is 3.00. The Morgan fingerprint density at radius 3 is 2.43 bits per heavy atom. The largest absolute Gasteiger partial charge is 0.286 e. The number of carbonyl (C=O) groups is 1. The van der Waals surface area contributed by atoms with Crippen LogP contribution in [0, 0.1) is 10.7 Å². The van der Waals surface area contributed by atoms with Crippen molar-refractivity contribution in [2.45, 2.75) is 20.3 Å². The Bertz CT molecular complexity index is 303. The molecule has 0 saturated carbocycles. The normalized spacial score (nSPS) is 8.07. The summed E-state index contributed by atoms with van der Waals surface area (Å²) < 4.78 is 0. The molecule has 0 aromatic heterocycles. The second kappa shape index (κ2) is 8.33. The van der Waals surface area contributed by atoms with Gasteiger partial charge in [-0.2, -0.15) is 5.26 Å². The van der Waals surface area contributed by atoms with Gasteiger partial charge in [-0.05, 0) is 5.56 Å². The molecule has 0 radical (unpaired) electrons. The Hall–Kier alpha value is -1.27. The van der Waals surface area contributed by atoms with Gasteiger partial charge in [-0.25, -0.2) is 0 Å². The third kappa shape index (κ3) is 5.39. The minimum atomic E-state index is -0.108. The van der Waals surface area contributed by atoms with E-state index in [0.717, 1.165) is 5.56 Å². The molecule has 0 atom stereocenters. The monoisotopic (exact) mass is 207 g/mol. The minimum absolute atomic E-state index is 0.108. The van der Waals surface area contributed by atoms with Crippen LogP contribution in [-0.4, -0.2) is 5.12 Å². The lowest BCUT2D eigenvalue weighted by Crippen LogP contribution is -1.95. The van der Waals surface area contributed by atoms with E-state index < -0.39 is 0 Å². The van der Waals surface area contributed by atoms with E-state index in [9.17, 15) is 4.79 Å². The van der Waals surface area contributed by atoms with Gasteiger partial charge in [0, 0.05) is 18.2 Å². The molecule has 1 rings (SSSR count). The molecule has 0 spiro atoms. The molecule has 0 aliphatic carbocycles. The standard InChI is InChI=1S/C9H7NOS.C2H6/c10-7-12-9(11)6-8-4-2-1-3-5-8;1-2/h1-5H,6H2;1-2H3. The van der Waals surface area contributed by atoms with Crippen molar-refractivity contribution in [3.63, 3.8) is 0 Å². The van der Waals surface area contributed by atoms with Crippen molar-refractivity contribution in [3.8, 4) is 5.40 Å². The van der Waals surface area contributed by atoms with Crippen molar-refractivity contribution in [1.29, 1.82) is 5.26 Å². The number of thiocyanates is 1. The first-order valence-electron chi connectivity index (χ1n) is 4.45. The second-order valence-electron chi connectivity index (χ2n) is 2.23. The Kier molecular flexibility index (Phi) is 7.58. The summed E-state index contributed by atoms with van der Waals surface area (Å²) in [4.78, 5) is 11.0. The molecule has 0 aliphatic rings.